The summed E-state index contributed by atoms with van der Waals surface area (Å²) in [5.74, 6) is 0.822. The molecule has 3 heteroatoms. The Balaban J connectivity index is 2.02. The smallest absolute Gasteiger partial charge is 0.125 e. The number of para-hydroxylation sites is 1. The Kier molecular flexibility index (Phi) is 3.99. The molecule has 1 N–H and O–H groups in total. The molecule has 0 aromatic heterocycles. The number of nitrogens with zero attached hydrogens (tertiary/aromatic N) is 1. The predicted octanol–water partition coefficient (Wildman–Crippen LogP) is 2.92. The van der Waals surface area contributed by atoms with E-state index in [2.05, 4.69) is 4.90 Å². The zero-order chi connectivity index (χ0) is 14.0. The summed E-state index contributed by atoms with van der Waals surface area (Å²) in [7, 11) is 1.69. The van der Waals surface area contributed by atoms with Gasteiger partial charge in [-0.15, -0.1) is 0 Å². The van der Waals surface area contributed by atoms with Gasteiger partial charge >= 0.3 is 0 Å². The fraction of sp³-hybridized carbons (Fsp3) is 0.647. The van der Waals surface area contributed by atoms with Crippen molar-refractivity contribution in [2.75, 3.05) is 20.2 Å². The topological polar surface area (TPSA) is 32.7 Å². The molecule has 2 aliphatic heterocycles. The van der Waals surface area contributed by atoms with E-state index in [-0.39, 0.29) is 6.04 Å². The highest BCUT2D eigenvalue weighted by Gasteiger charge is 2.45. The summed E-state index contributed by atoms with van der Waals surface area (Å²) in [5.41, 5.74) is 0.213. The number of rotatable bonds is 2. The maximum absolute atomic E-state index is 11.5. The first-order valence-corrected chi connectivity index (χ1v) is 7.85. The highest BCUT2D eigenvalue weighted by atomic mass is 16.5. The zero-order valence-electron chi connectivity index (χ0n) is 12.3. The third-order valence-electron chi connectivity index (χ3n) is 4.99. The zero-order valence-corrected chi connectivity index (χ0v) is 12.3. The van der Waals surface area contributed by atoms with Crippen LogP contribution in [0, 0.1) is 0 Å². The number of benzene rings is 1. The van der Waals surface area contributed by atoms with Gasteiger partial charge in [0, 0.05) is 11.6 Å². The summed E-state index contributed by atoms with van der Waals surface area (Å²) in [6.07, 6.45) is 6.69. The number of methoxy groups -OCH3 is 1. The lowest BCUT2D eigenvalue weighted by atomic mass is 9.78. The highest BCUT2D eigenvalue weighted by molar-refractivity contribution is 5.39. The van der Waals surface area contributed by atoms with Gasteiger partial charge in [0.1, 0.15) is 11.4 Å². The van der Waals surface area contributed by atoms with Crippen molar-refractivity contribution in [1.29, 1.82) is 0 Å². The fourth-order valence-corrected chi connectivity index (χ4v) is 3.99. The molecule has 3 nitrogen and oxygen atoms in total. The maximum Gasteiger partial charge on any atom is 0.125 e. The molecule has 0 bridgehead atoms. The number of piperidine rings is 1. The van der Waals surface area contributed by atoms with Crippen molar-refractivity contribution in [3.63, 3.8) is 0 Å². The van der Waals surface area contributed by atoms with Gasteiger partial charge in [-0.3, -0.25) is 4.90 Å². The second kappa shape index (κ2) is 5.74. The van der Waals surface area contributed by atoms with Crippen LogP contribution in [0.5, 0.6) is 5.75 Å². The largest absolute Gasteiger partial charge is 0.496 e. The Labute approximate surface area is 121 Å². The monoisotopic (exact) mass is 275 g/mol. The average Bonchev–Trinajstić information content (AvgIpc) is 2.68. The molecule has 110 valence electrons. The van der Waals surface area contributed by atoms with Gasteiger partial charge in [-0.1, -0.05) is 24.6 Å². The molecule has 0 amide bonds. The summed E-state index contributed by atoms with van der Waals surface area (Å²) in [6, 6.07) is 8.23. The van der Waals surface area contributed by atoms with Crippen LogP contribution < -0.4 is 4.74 Å². The van der Waals surface area contributed by atoms with E-state index in [1.807, 2.05) is 24.3 Å². The quantitative estimate of drug-likeness (QED) is 0.901. The first-order chi connectivity index (χ1) is 9.75. The first kappa shape index (κ1) is 13.9. The van der Waals surface area contributed by atoms with Crippen molar-refractivity contribution in [2.24, 2.45) is 0 Å². The van der Waals surface area contributed by atoms with Crippen LogP contribution in [0.2, 0.25) is 0 Å². The molecular weight excluding hydrogens is 250 g/mol. The van der Waals surface area contributed by atoms with Gasteiger partial charge in [-0.2, -0.15) is 0 Å². The Morgan fingerprint density at radius 1 is 1.15 bits per heavy atom. The van der Waals surface area contributed by atoms with Crippen molar-refractivity contribution < 1.29 is 9.84 Å². The summed E-state index contributed by atoms with van der Waals surface area (Å²) >= 11 is 0. The van der Waals surface area contributed by atoms with Gasteiger partial charge in [-0.05, 0) is 51.3 Å². The molecule has 2 fully saturated rings. The van der Waals surface area contributed by atoms with Crippen LogP contribution in [-0.4, -0.2) is 36.2 Å². The normalized spacial score (nSPS) is 31.4. The molecule has 0 saturated carbocycles. The van der Waals surface area contributed by atoms with Crippen molar-refractivity contribution in [1.82, 2.24) is 4.90 Å². The van der Waals surface area contributed by atoms with Gasteiger partial charge < -0.3 is 9.84 Å². The van der Waals surface area contributed by atoms with Gasteiger partial charge in [-0.25, -0.2) is 0 Å². The number of fused-ring (bicyclic) bond motifs is 1. The summed E-state index contributed by atoms with van der Waals surface area (Å²) in [4.78, 5) is 2.50. The van der Waals surface area contributed by atoms with E-state index in [0.29, 0.717) is 0 Å². The van der Waals surface area contributed by atoms with E-state index in [9.17, 15) is 5.11 Å². The first-order valence-electron chi connectivity index (χ1n) is 7.85. The van der Waals surface area contributed by atoms with Crippen molar-refractivity contribution >= 4 is 0 Å². The molecule has 2 saturated heterocycles. The van der Waals surface area contributed by atoms with Crippen LogP contribution in [-0.2, 0) is 5.60 Å². The fourth-order valence-electron chi connectivity index (χ4n) is 3.99. The Morgan fingerprint density at radius 2 is 1.90 bits per heavy atom. The molecule has 20 heavy (non-hydrogen) atoms. The summed E-state index contributed by atoms with van der Waals surface area (Å²) < 4.78 is 5.51. The van der Waals surface area contributed by atoms with Crippen LogP contribution in [0.4, 0.5) is 0 Å². The second-order valence-electron chi connectivity index (χ2n) is 6.13. The second-order valence-corrected chi connectivity index (χ2v) is 6.13. The van der Waals surface area contributed by atoms with Crippen LogP contribution in [0.25, 0.3) is 0 Å². The molecule has 2 atom stereocenters. The van der Waals surface area contributed by atoms with Crippen molar-refractivity contribution in [3.8, 4) is 5.75 Å². The van der Waals surface area contributed by atoms with Gasteiger partial charge in [0.2, 0.25) is 0 Å². The number of aliphatic hydroxyl groups is 1. The van der Waals surface area contributed by atoms with Gasteiger partial charge in [0.25, 0.3) is 0 Å². The Bertz CT molecular complexity index is 462. The van der Waals surface area contributed by atoms with E-state index in [1.54, 1.807) is 7.11 Å². The average molecular weight is 275 g/mol. The number of hydrogen-bond donors (Lipinski definition) is 1. The van der Waals surface area contributed by atoms with Crippen LogP contribution >= 0.6 is 0 Å². The van der Waals surface area contributed by atoms with Gasteiger partial charge in [0.05, 0.1) is 7.11 Å². The summed E-state index contributed by atoms with van der Waals surface area (Å²) in [6.45, 7) is 2.25. The van der Waals surface area contributed by atoms with E-state index in [1.165, 1.54) is 19.3 Å². The highest BCUT2D eigenvalue weighted by Crippen LogP contribution is 2.43. The molecule has 2 heterocycles. The molecule has 1 unspecified atom stereocenters. The predicted molar refractivity (Wildman–Crippen MR) is 80.0 cm³/mol. The molecule has 0 aliphatic carbocycles. The van der Waals surface area contributed by atoms with Crippen molar-refractivity contribution in [3.05, 3.63) is 29.8 Å². The minimum Gasteiger partial charge on any atom is -0.496 e. The van der Waals surface area contributed by atoms with E-state index in [4.69, 9.17) is 4.74 Å². The molecule has 0 spiro atoms. The minimum absolute atomic E-state index is 0.245. The minimum atomic E-state index is -0.760. The molecule has 1 aromatic carbocycles. The van der Waals surface area contributed by atoms with E-state index < -0.39 is 5.60 Å². The van der Waals surface area contributed by atoms with Crippen LogP contribution in [0.15, 0.2) is 24.3 Å². The number of ether oxygens (including phenoxy) is 1. The van der Waals surface area contributed by atoms with Crippen molar-refractivity contribution in [2.45, 2.75) is 50.2 Å². The lowest BCUT2D eigenvalue weighted by Crippen LogP contribution is -2.52. The molecule has 3 rings (SSSR count). The maximum atomic E-state index is 11.5. The molecule has 2 aliphatic rings. The van der Waals surface area contributed by atoms with Gasteiger partial charge in [0.15, 0.2) is 0 Å². The van der Waals surface area contributed by atoms with Crippen LogP contribution in [0.1, 0.15) is 44.1 Å². The lowest BCUT2D eigenvalue weighted by Gasteiger charge is -2.44. The van der Waals surface area contributed by atoms with E-state index in [0.717, 1.165) is 43.7 Å². The third kappa shape index (κ3) is 2.33. The molecular formula is C17H25NO2. The summed E-state index contributed by atoms with van der Waals surface area (Å²) in [5, 5.41) is 11.5. The molecule has 0 radical (unpaired) electrons. The van der Waals surface area contributed by atoms with E-state index >= 15 is 0 Å². The molecule has 1 aromatic rings. The van der Waals surface area contributed by atoms with Crippen LogP contribution in [0.3, 0.4) is 0 Å². The Morgan fingerprint density at radius 3 is 2.70 bits per heavy atom. The Hall–Kier alpha value is -1.06. The SMILES string of the molecule is COc1ccccc1[C@]1(O)CCCCN2CCCCC21. The lowest BCUT2D eigenvalue weighted by molar-refractivity contribution is -0.0641. The standard InChI is InChI=1S/C17H25NO2/c1-20-15-9-3-2-8-14(15)17(19)11-5-7-13-18-12-6-4-10-16(17)18/h2-3,8-9,16,19H,4-7,10-13H2,1H3/t16?,17-/m1/s1. The third-order valence-corrected chi connectivity index (χ3v) is 4.99. The number of hydrogen-bond acceptors (Lipinski definition) is 3.